The third-order valence-electron chi connectivity index (χ3n) is 8.37. The van der Waals surface area contributed by atoms with E-state index in [1.54, 1.807) is 0 Å². The Balaban J connectivity index is 1.55. The van der Waals surface area contributed by atoms with E-state index >= 15 is 0 Å². The van der Waals surface area contributed by atoms with Gasteiger partial charge in [0.05, 0.1) is 47.7 Å². The number of benzene rings is 1. The highest BCUT2D eigenvalue weighted by atomic mass is 16.5. The number of ether oxygens (including phenoxy) is 2. The summed E-state index contributed by atoms with van der Waals surface area (Å²) in [6.45, 7) is 6.76. The number of fused-ring (bicyclic) bond motifs is 3. The van der Waals surface area contributed by atoms with Gasteiger partial charge in [0, 0.05) is 56.7 Å². The van der Waals surface area contributed by atoms with E-state index in [0.29, 0.717) is 19.1 Å². The van der Waals surface area contributed by atoms with Crippen LogP contribution >= 0.6 is 0 Å². The zero-order chi connectivity index (χ0) is 26.3. The van der Waals surface area contributed by atoms with Gasteiger partial charge in [-0.15, -0.1) is 0 Å². The predicted octanol–water partition coefficient (Wildman–Crippen LogP) is 5.15. The summed E-state index contributed by atoms with van der Waals surface area (Å²) in [6, 6.07) is 15.5. The Morgan fingerprint density at radius 3 is 2.44 bits per heavy atom. The number of aryl methyl sites for hydroxylation is 2. The van der Waals surface area contributed by atoms with Gasteiger partial charge in [0.15, 0.2) is 5.82 Å². The highest BCUT2D eigenvalue weighted by Crippen LogP contribution is 2.43. The van der Waals surface area contributed by atoms with Gasteiger partial charge in [0.1, 0.15) is 0 Å². The van der Waals surface area contributed by atoms with Crippen molar-refractivity contribution in [2.75, 3.05) is 44.4 Å². The topological polar surface area (TPSA) is 70.2 Å². The van der Waals surface area contributed by atoms with Crippen LogP contribution in [0.1, 0.15) is 30.0 Å². The van der Waals surface area contributed by atoms with Gasteiger partial charge in [-0.05, 0) is 48.9 Å². The standard InChI is InChI=1S/C31H34N6O2/c1-21-19-34-35(2)28(21)24-18-26-27(33-20-24)25-8-11-32-31(36-12-16-39-17-13-36)30(25)37(26)29(22-6-4-3-5-7-22)23-9-14-38-15-10-23/h3-8,11,18-20,23,29H,9-10,12-17H2,1-2H3/t29-/m1/s1. The van der Waals surface area contributed by atoms with Crippen LogP contribution in [0.2, 0.25) is 0 Å². The summed E-state index contributed by atoms with van der Waals surface area (Å²) >= 11 is 0. The smallest absolute Gasteiger partial charge is 0.153 e. The Morgan fingerprint density at radius 1 is 0.923 bits per heavy atom. The van der Waals surface area contributed by atoms with Gasteiger partial charge in [-0.3, -0.25) is 9.67 Å². The molecule has 0 N–H and O–H groups in total. The fourth-order valence-electron chi connectivity index (χ4n) is 6.54. The number of anilines is 1. The van der Waals surface area contributed by atoms with Crippen molar-refractivity contribution in [3.8, 4) is 11.3 Å². The van der Waals surface area contributed by atoms with E-state index in [0.717, 1.165) is 83.7 Å². The summed E-state index contributed by atoms with van der Waals surface area (Å²) in [6.07, 6.45) is 7.88. The average Bonchev–Trinajstić information content (AvgIpc) is 3.50. The third kappa shape index (κ3) is 4.19. The number of hydrogen-bond acceptors (Lipinski definition) is 6. The van der Waals surface area contributed by atoms with Crippen LogP contribution in [0, 0.1) is 12.8 Å². The molecule has 39 heavy (non-hydrogen) atoms. The zero-order valence-electron chi connectivity index (χ0n) is 22.6. The minimum absolute atomic E-state index is 0.128. The van der Waals surface area contributed by atoms with Crippen molar-refractivity contribution in [1.82, 2.24) is 24.3 Å². The summed E-state index contributed by atoms with van der Waals surface area (Å²) < 4.78 is 16.0. The average molecular weight is 523 g/mol. The van der Waals surface area contributed by atoms with Gasteiger partial charge < -0.3 is 18.9 Å². The predicted molar refractivity (Wildman–Crippen MR) is 153 cm³/mol. The fraction of sp³-hybridized carbons (Fsp3) is 0.387. The summed E-state index contributed by atoms with van der Waals surface area (Å²) in [7, 11) is 2.00. The van der Waals surface area contributed by atoms with Crippen LogP contribution in [0.5, 0.6) is 0 Å². The second-order valence-electron chi connectivity index (χ2n) is 10.7. The van der Waals surface area contributed by atoms with Crippen molar-refractivity contribution in [2.24, 2.45) is 13.0 Å². The molecule has 2 aliphatic rings. The summed E-state index contributed by atoms with van der Waals surface area (Å²) in [5, 5.41) is 5.65. The molecule has 0 spiro atoms. The summed E-state index contributed by atoms with van der Waals surface area (Å²) in [5.74, 6) is 1.44. The molecule has 0 saturated carbocycles. The fourth-order valence-corrected chi connectivity index (χ4v) is 6.54. The number of nitrogens with zero attached hydrogens (tertiary/aromatic N) is 6. The molecule has 4 aromatic heterocycles. The van der Waals surface area contributed by atoms with Gasteiger partial charge in [0.2, 0.25) is 0 Å². The van der Waals surface area contributed by atoms with Crippen molar-refractivity contribution >= 4 is 27.8 Å². The summed E-state index contributed by atoms with van der Waals surface area (Å²) in [4.78, 5) is 12.5. The molecule has 5 aromatic rings. The van der Waals surface area contributed by atoms with Crippen LogP contribution in [0.15, 0.2) is 61.1 Å². The maximum Gasteiger partial charge on any atom is 0.153 e. The van der Waals surface area contributed by atoms with Gasteiger partial charge >= 0.3 is 0 Å². The molecule has 200 valence electrons. The molecule has 0 amide bonds. The first-order chi connectivity index (χ1) is 19.2. The number of aromatic nitrogens is 5. The molecule has 0 bridgehead atoms. The number of hydrogen-bond donors (Lipinski definition) is 0. The molecule has 8 nitrogen and oxygen atoms in total. The SMILES string of the molecule is Cc1cnn(C)c1-c1cnc2c3ccnc(N4CCOCC4)c3n([C@H](c3ccccc3)C3CCOCC3)c2c1. The molecular weight excluding hydrogens is 488 g/mol. The van der Waals surface area contributed by atoms with E-state index in [1.807, 2.05) is 30.3 Å². The van der Waals surface area contributed by atoms with Crippen LogP contribution in [-0.2, 0) is 16.5 Å². The van der Waals surface area contributed by atoms with Crippen LogP contribution in [0.4, 0.5) is 5.82 Å². The molecule has 2 aliphatic heterocycles. The maximum absolute atomic E-state index is 5.83. The maximum atomic E-state index is 5.83. The van der Waals surface area contributed by atoms with Gasteiger partial charge in [-0.25, -0.2) is 4.98 Å². The summed E-state index contributed by atoms with van der Waals surface area (Å²) in [5.41, 5.74) is 7.91. The van der Waals surface area contributed by atoms with Crippen molar-refractivity contribution < 1.29 is 9.47 Å². The molecule has 0 aliphatic carbocycles. The molecule has 8 heteroatoms. The lowest BCUT2D eigenvalue weighted by Gasteiger charge is -2.34. The van der Waals surface area contributed by atoms with E-state index in [1.165, 1.54) is 5.56 Å². The molecule has 2 fully saturated rings. The van der Waals surface area contributed by atoms with Crippen molar-refractivity contribution in [2.45, 2.75) is 25.8 Å². The molecule has 7 rings (SSSR count). The van der Waals surface area contributed by atoms with Crippen molar-refractivity contribution in [1.29, 1.82) is 0 Å². The van der Waals surface area contributed by atoms with Crippen molar-refractivity contribution in [3.05, 3.63) is 72.2 Å². The van der Waals surface area contributed by atoms with E-state index in [9.17, 15) is 0 Å². The number of morpholine rings is 1. The van der Waals surface area contributed by atoms with Crippen LogP contribution in [0.25, 0.3) is 33.2 Å². The molecular formula is C31H34N6O2. The molecule has 1 aromatic carbocycles. The van der Waals surface area contributed by atoms with E-state index in [4.69, 9.17) is 19.4 Å². The molecule has 0 unspecified atom stereocenters. The second-order valence-corrected chi connectivity index (χ2v) is 10.7. The van der Waals surface area contributed by atoms with Crippen molar-refractivity contribution in [3.63, 3.8) is 0 Å². The molecule has 1 atom stereocenters. The Hall–Kier alpha value is -3.75. The van der Waals surface area contributed by atoms with Crippen LogP contribution < -0.4 is 4.90 Å². The van der Waals surface area contributed by atoms with E-state index in [-0.39, 0.29) is 6.04 Å². The number of rotatable bonds is 5. The van der Waals surface area contributed by atoms with E-state index < -0.39 is 0 Å². The normalized spacial score (nSPS) is 17.7. The third-order valence-corrected chi connectivity index (χ3v) is 8.37. The molecule has 6 heterocycles. The first-order valence-electron chi connectivity index (χ1n) is 13.9. The minimum Gasteiger partial charge on any atom is -0.381 e. The lowest BCUT2D eigenvalue weighted by atomic mass is 9.86. The first kappa shape index (κ1) is 24.3. The second kappa shape index (κ2) is 10.1. The highest BCUT2D eigenvalue weighted by molar-refractivity contribution is 6.10. The minimum atomic E-state index is 0.128. The zero-order valence-corrected chi connectivity index (χ0v) is 22.6. The Labute approximate surface area is 228 Å². The lowest BCUT2D eigenvalue weighted by Crippen LogP contribution is -2.37. The first-order valence-corrected chi connectivity index (χ1v) is 13.9. The Kier molecular flexibility index (Phi) is 6.29. The van der Waals surface area contributed by atoms with Gasteiger partial charge in [0.25, 0.3) is 0 Å². The molecule has 2 saturated heterocycles. The van der Waals surface area contributed by atoms with Crippen LogP contribution in [0.3, 0.4) is 0 Å². The Morgan fingerprint density at radius 2 is 1.69 bits per heavy atom. The van der Waals surface area contributed by atoms with Gasteiger partial charge in [-0.2, -0.15) is 5.10 Å². The monoisotopic (exact) mass is 522 g/mol. The van der Waals surface area contributed by atoms with Gasteiger partial charge in [-0.1, -0.05) is 30.3 Å². The van der Waals surface area contributed by atoms with Crippen LogP contribution in [-0.4, -0.2) is 63.8 Å². The Bertz CT molecular complexity index is 1590. The molecule has 0 radical (unpaired) electrons. The largest absolute Gasteiger partial charge is 0.381 e. The highest BCUT2D eigenvalue weighted by Gasteiger charge is 2.32. The quantitative estimate of drug-likeness (QED) is 0.318. The van der Waals surface area contributed by atoms with E-state index in [2.05, 4.69) is 64.0 Å². The number of pyridine rings is 2. The lowest BCUT2D eigenvalue weighted by molar-refractivity contribution is 0.0552.